The number of benzene rings is 1. The number of nitriles is 1. The maximum atomic E-state index is 12.2. The maximum absolute atomic E-state index is 12.2. The van der Waals surface area contributed by atoms with Crippen molar-refractivity contribution in [1.82, 2.24) is 4.90 Å². The molecule has 1 aliphatic rings. The number of hydrogen-bond acceptors (Lipinski definition) is 3. The van der Waals surface area contributed by atoms with Crippen LogP contribution in [0.25, 0.3) is 0 Å². The molecule has 1 amide bonds. The summed E-state index contributed by atoms with van der Waals surface area (Å²) in [5.74, 6) is 0.0724. The van der Waals surface area contributed by atoms with Crippen molar-refractivity contribution in [3.63, 3.8) is 0 Å². The van der Waals surface area contributed by atoms with Crippen molar-refractivity contribution >= 4 is 17.7 Å². The molecule has 0 aliphatic carbocycles. The lowest BCUT2D eigenvalue weighted by Crippen LogP contribution is -2.44. The largest absolute Gasteiger partial charge is 0.338 e. The average molecular weight is 260 g/mol. The van der Waals surface area contributed by atoms with Gasteiger partial charge in [-0.25, -0.2) is 0 Å². The zero-order valence-corrected chi connectivity index (χ0v) is 11.2. The van der Waals surface area contributed by atoms with Crippen molar-refractivity contribution in [2.24, 2.45) is 0 Å². The Hall–Kier alpha value is -1.47. The van der Waals surface area contributed by atoms with Crippen molar-refractivity contribution in [2.45, 2.75) is 17.6 Å². The minimum absolute atomic E-state index is 0.0724. The molecule has 94 valence electrons. The average Bonchev–Trinajstić information content (AvgIpc) is 2.47. The molecule has 0 radical (unpaired) electrons. The molecule has 1 heterocycles. The molecule has 1 fully saturated rings. The summed E-state index contributed by atoms with van der Waals surface area (Å²) < 4.78 is -0.298. The van der Waals surface area contributed by atoms with Crippen molar-refractivity contribution in [2.75, 3.05) is 19.3 Å². The van der Waals surface area contributed by atoms with Gasteiger partial charge in [0, 0.05) is 18.7 Å². The lowest BCUT2D eigenvalue weighted by Gasteiger charge is -2.36. The van der Waals surface area contributed by atoms with Crippen LogP contribution in [0.1, 0.15) is 23.2 Å². The Balaban J connectivity index is 2.03. The van der Waals surface area contributed by atoms with Crippen LogP contribution >= 0.6 is 11.8 Å². The summed E-state index contributed by atoms with van der Waals surface area (Å²) in [5, 5.41) is 9.21. The van der Waals surface area contributed by atoms with Crippen LogP contribution in [-0.4, -0.2) is 34.9 Å². The second kappa shape index (κ2) is 5.45. The molecule has 3 nitrogen and oxygen atoms in total. The molecule has 0 N–H and O–H groups in total. The van der Waals surface area contributed by atoms with Gasteiger partial charge in [-0.2, -0.15) is 5.26 Å². The molecule has 1 aromatic rings. The summed E-state index contributed by atoms with van der Waals surface area (Å²) in [4.78, 5) is 14.1. The maximum Gasteiger partial charge on any atom is 0.253 e. The van der Waals surface area contributed by atoms with E-state index in [1.165, 1.54) is 0 Å². The van der Waals surface area contributed by atoms with Gasteiger partial charge in [0.25, 0.3) is 5.91 Å². The van der Waals surface area contributed by atoms with Crippen LogP contribution in [0.15, 0.2) is 30.3 Å². The third kappa shape index (κ3) is 2.51. The summed E-state index contributed by atoms with van der Waals surface area (Å²) in [5.41, 5.74) is 0.728. The van der Waals surface area contributed by atoms with E-state index in [9.17, 15) is 10.1 Å². The molecule has 0 spiro atoms. The summed E-state index contributed by atoms with van der Waals surface area (Å²) in [6, 6.07) is 11.7. The number of amides is 1. The number of piperidine rings is 1. The van der Waals surface area contributed by atoms with E-state index in [4.69, 9.17) is 0 Å². The fourth-order valence-corrected chi connectivity index (χ4v) is 2.88. The zero-order chi connectivity index (χ0) is 13.0. The minimum atomic E-state index is -0.298. The van der Waals surface area contributed by atoms with Crippen molar-refractivity contribution < 1.29 is 4.79 Å². The molecular weight excluding hydrogens is 244 g/mol. The topological polar surface area (TPSA) is 44.1 Å². The molecular formula is C14H16N2OS. The van der Waals surface area contributed by atoms with Gasteiger partial charge in [-0.3, -0.25) is 4.79 Å². The number of carbonyl (C=O) groups is 1. The summed E-state index contributed by atoms with van der Waals surface area (Å²) in [7, 11) is 0. The Kier molecular flexibility index (Phi) is 3.93. The van der Waals surface area contributed by atoms with Crippen LogP contribution in [0.3, 0.4) is 0 Å². The Labute approximate surface area is 112 Å². The summed E-state index contributed by atoms with van der Waals surface area (Å²) in [6.45, 7) is 1.34. The van der Waals surface area contributed by atoms with Gasteiger partial charge in [0.1, 0.15) is 4.75 Å². The van der Waals surface area contributed by atoms with Crippen molar-refractivity contribution in [1.29, 1.82) is 5.26 Å². The van der Waals surface area contributed by atoms with E-state index in [-0.39, 0.29) is 10.7 Å². The lowest BCUT2D eigenvalue weighted by atomic mass is 9.96. The van der Waals surface area contributed by atoms with Crippen LogP contribution in [0.5, 0.6) is 0 Å². The van der Waals surface area contributed by atoms with E-state index in [1.807, 2.05) is 41.5 Å². The Morgan fingerprint density at radius 1 is 1.33 bits per heavy atom. The van der Waals surface area contributed by atoms with Gasteiger partial charge in [0.05, 0.1) is 6.07 Å². The molecule has 0 saturated carbocycles. The van der Waals surface area contributed by atoms with Gasteiger partial charge in [-0.05, 0) is 31.2 Å². The standard InChI is InChI=1S/C14H16N2OS/c1-18-14(11-15)7-9-16(10-8-14)13(17)12-5-3-2-4-6-12/h2-6H,7-10H2,1H3. The predicted molar refractivity (Wildman–Crippen MR) is 73.4 cm³/mol. The van der Waals surface area contributed by atoms with Gasteiger partial charge in [0.15, 0.2) is 0 Å². The summed E-state index contributed by atoms with van der Waals surface area (Å²) >= 11 is 1.60. The normalized spacial score (nSPS) is 18.1. The number of thioether (sulfide) groups is 1. The summed E-state index contributed by atoms with van der Waals surface area (Å²) in [6.07, 6.45) is 3.48. The zero-order valence-electron chi connectivity index (χ0n) is 10.4. The van der Waals surface area contributed by atoms with Crippen LogP contribution in [0.4, 0.5) is 0 Å². The molecule has 18 heavy (non-hydrogen) atoms. The third-order valence-electron chi connectivity index (χ3n) is 3.47. The highest BCUT2D eigenvalue weighted by molar-refractivity contribution is 8.00. The van der Waals surface area contributed by atoms with E-state index in [2.05, 4.69) is 6.07 Å². The van der Waals surface area contributed by atoms with Crippen LogP contribution in [0.2, 0.25) is 0 Å². The van der Waals surface area contributed by atoms with Gasteiger partial charge >= 0.3 is 0 Å². The Morgan fingerprint density at radius 3 is 2.44 bits per heavy atom. The van der Waals surface area contributed by atoms with E-state index in [1.54, 1.807) is 11.8 Å². The number of carbonyl (C=O) groups excluding carboxylic acids is 1. The van der Waals surface area contributed by atoms with E-state index >= 15 is 0 Å². The van der Waals surface area contributed by atoms with E-state index in [0.29, 0.717) is 13.1 Å². The highest BCUT2D eigenvalue weighted by Crippen LogP contribution is 2.34. The fraction of sp³-hybridized carbons (Fsp3) is 0.429. The van der Waals surface area contributed by atoms with Crippen molar-refractivity contribution in [3.05, 3.63) is 35.9 Å². The third-order valence-corrected chi connectivity index (χ3v) is 4.75. The lowest BCUT2D eigenvalue weighted by molar-refractivity contribution is 0.0716. The molecule has 0 aromatic heterocycles. The number of hydrogen-bond donors (Lipinski definition) is 0. The number of rotatable bonds is 2. The first-order valence-electron chi connectivity index (χ1n) is 6.01. The van der Waals surface area contributed by atoms with Crippen LogP contribution in [-0.2, 0) is 0 Å². The second-order valence-electron chi connectivity index (χ2n) is 4.47. The smallest absolute Gasteiger partial charge is 0.253 e. The van der Waals surface area contributed by atoms with Gasteiger partial charge in [-0.1, -0.05) is 18.2 Å². The fourth-order valence-electron chi connectivity index (χ4n) is 2.20. The highest BCUT2D eigenvalue weighted by Gasteiger charge is 2.35. The number of nitrogens with zero attached hydrogens (tertiary/aromatic N) is 2. The first-order chi connectivity index (χ1) is 8.71. The van der Waals surface area contributed by atoms with E-state index < -0.39 is 0 Å². The molecule has 2 rings (SSSR count). The van der Waals surface area contributed by atoms with Gasteiger partial charge in [-0.15, -0.1) is 11.8 Å². The molecule has 0 unspecified atom stereocenters. The monoisotopic (exact) mass is 260 g/mol. The first kappa shape index (κ1) is 13.0. The van der Waals surface area contributed by atoms with Crippen LogP contribution in [0, 0.1) is 11.3 Å². The first-order valence-corrected chi connectivity index (χ1v) is 7.24. The molecule has 4 heteroatoms. The van der Waals surface area contributed by atoms with E-state index in [0.717, 1.165) is 18.4 Å². The molecule has 0 bridgehead atoms. The second-order valence-corrected chi connectivity index (χ2v) is 5.66. The number of likely N-dealkylation sites (tertiary alicyclic amines) is 1. The van der Waals surface area contributed by atoms with Crippen molar-refractivity contribution in [3.8, 4) is 6.07 Å². The van der Waals surface area contributed by atoms with Crippen LogP contribution < -0.4 is 0 Å². The Morgan fingerprint density at radius 2 is 1.94 bits per heavy atom. The predicted octanol–water partition coefficient (Wildman–Crippen LogP) is 2.55. The quantitative estimate of drug-likeness (QED) is 0.821. The molecule has 0 atom stereocenters. The molecule has 1 aromatic carbocycles. The molecule has 1 aliphatic heterocycles. The minimum Gasteiger partial charge on any atom is -0.338 e. The Bertz CT molecular complexity index is 458. The molecule has 1 saturated heterocycles. The van der Waals surface area contributed by atoms with Gasteiger partial charge in [0.2, 0.25) is 0 Å². The van der Waals surface area contributed by atoms with Gasteiger partial charge < -0.3 is 4.90 Å². The SMILES string of the molecule is CSC1(C#N)CCN(C(=O)c2ccccc2)CC1. The highest BCUT2D eigenvalue weighted by atomic mass is 32.2.